The Kier molecular flexibility index (Phi) is 11.0. The van der Waals surface area contributed by atoms with Crippen molar-refractivity contribution in [1.29, 1.82) is 0 Å². The molecule has 5 heterocycles. The van der Waals surface area contributed by atoms with Crippen LogP contribution in [0.1, 0.15) is 22.8 Å². The van der Waals surface area contributed by atoms with E-state index in [0.717, 1.165) is 89.4 Å². The summed E-state index contributed by atoms with van der Waals surface area (Å²) in [5.74, 6) is 0. The third-order valence-electron chi connectivity index (χ3n) is 9.14. The maximum Gasteiger partial charge on any atom is 3.00 e. The van der Waals surface area contributed by atoms with Crippen LogP contribution in [0.2, 0.25) is 20.1 Å². The number of benzene rings is 4. The van der Waals surface area contributed by atoms with Gasteiger partial charge >= 0.3 is 17.1 Å². The molecule has 4 aromatic carbocycles. The van der Waals surface area contributed by atoms with Crippen molar-refractivity contribution in [2.24, 2.45) is 0 Å². The molecule has 0 aliphatic carbocycles. The Bertz CT molecular complexity index is 2380. The first-order valence-electron chi connectivity index (χ1n) is 16.5. The van der Waals surface area contributed by atoms with Crippen molar-refractivity contribution in [3.8, 4) is 44.5 Å². The van der Waals surface area contributed by atoms with Gasteiger partial charge in [-0.2, -0.15) is 0 Å². The zero-order valence-corrected chi connectivity index (χ0v) is 32.9. The molecule has 3 aromatic heterocycles. The van der Waals surface area contributed by atoms with Gasteiger partial charge in [-0.3, -0.25) is 0 Å². The second-order valence-electron chi connectivity index (χ2n) is 12.4. The topological polar surface area (TPSA) is 54.0 Å². The van der Waals surface area contributed by atoms with Gasteiger partial charge in [0.1, 0.15) is 0 Å². The van der Waals surface area contributed by atoms with Crippen LogP contribution < -0.4 is 22.4 Å². The number of rotatable bonds is 4. The summed E-state index contributed by atoms with van der Waals surface area (Å²) in [5.41, 5.74) is 13.4. The molecule has 2 aliphatic rings. The van der Waals surface area contributed by atoms with Crippen LogP contribution in [0.15, 0.2) is 121 Å². The summed E-state index contributed by atoms with van der Waals surface area (Å²) in [5, 5.41) is 2.58. The van der Waals surface area contributed by atoms with Crippen LogP contribution in [-0.2, 0) is 17.1 Å². The minimum Gasteiger partial charge on any atom is -1.00 e. The van der Waals surface area contributed by atoms with Gasteiger partial charge in [0, 0.05) is 20.1 Å². The summed E-state index contributed by atoms with van der Waals surface area (Å²) in [6.45, 7) is 0. The Morgan fingerprint density at radius 1 is 0.315 bits per heavy atom. The van der Waals surface area contributed by atoms with Gasteiger partial charge in [0.2, 0.25) is 0 Å². The standard InChI is InChI=1S/C44H24Cl4N4.ClH.Mn/c45-29-9-1-25(2-10-29)41-33-17-19-35(49-33)42(26-3-11-30(46)12-4-26)37-21-23-39(51-37)44(28-7-15-32(48)16-8-28)40-24-22-38(52-40)43(36-20-18-34(41)50-36)27-5-13-31(47)14-6-27;;/h1-24H;1H;/q-2;;+3/p-1. The smallest absolute Gasteiger partial charge is 1.00 e. The van der Waals surface area contributed by atoms with E-state index >= 15 is 0 Å². The summed E-state index contributed by atoms with van der Waals surface area (Å²) in [6, 6.07) is 39.2. The summed E-state index contributed by atoms with van der Waals surface area (Å²) in [4.78, 5) is 21.1. The van der Waals surface area contributed by atoms with Gasteiger partial charge in [-0.15, -0.1) is 22.1 Å². The Labute approximate surface area is 348 Å². The predicted octanol–water partition coefficient (Wildman–Crippen LogP) is 10.2. The quantitative estimate of drug-likeness (QED) is 0.166. The Balaban J connectivity index is 0.00000225. The fourth-order valence-corrected chi connectivity index (χ4v) is 7.24. The van der Waals surface area contributed by atoms with Crippen LogP contribution in [0.5, 0.6) is 0 Å². The van der Waals surface area contributed by atoms with E-state index in [9.17, 15) is 0 Å². The van der Waals surface area contributed by atoms with E-state index in [1.807, 2.05) is 146 Å². The first kappa shape index (κ1) is 37.8. The predicted molar refractivity (Wildman–Crippen MR) is 219 cm³/mol. The van der Waals surface area contributed by atoms with E-state index in [-0.39, 0.29) is 29.5 Å². The Morgan fingerprint density at radius 3 is 0.722 bits per heavy atom. The fourth-order valence-electron chi connectivity index (χ4n) is 6.74. The molecular weight excluding hydrogens is 817 g/mol. The number of hydrogen-bond donors (Lipinski definition) is 0. The maximum absolute atomic E-state index is 6.36. The van der Waals surface area contributed by atoms with Gasteiger partial charge in [-0.25, -0.2) is 9.97 Å². The molecule has 0 atom stereocenters. The van der Waals surface area contributed by atoms with Crippen LogP contribution in [0.4, 0.5) is 0 Å². The van der Waals surface area contributed by atoms with Gasteiger partial charge in [0.25, 0.3) is 0 Å². The molecule has 2 aliphatic heterocycles. The molecule has 54 heavy (non-hydrogen) atoms. The third-order valence-corrected chi connectivity index (χ3v) is 10.1. The molecule has 0 saturated heterocycles. The van der Waals surface area contributed by atoms with Crippen molar-refractivity contribution in [2.75, 3.05) is 0 Å². The van der Waals surface area contributed by atoms with E-state index in [2.05, 4.69) is 0 Å². The first-order valence-corrected chi connectivity index (χ1v) is 18.0. The van der Waals surface area contributed by atoms with Gasteiger partial charge in [0.15, 0.2) is 0 Å². The van der Waals surface area contributed by atoms with Crippen molar-refractivity contribution in [3.05, 3.63) is 164 Å². The van der Waals surface area contributed by atoms with Crippen LogP contribution in [0.3, 0.4) is 0 Å². The van der Waals surface area contributed by atoms with Gasteiger partial charge in [0.05, 0.1) is 22.8 Å². The zero-order valence-electron chi connectivity index (χ0n) is 27.9. The monoisotopic (exact) mass is 838 g/mol. The first-order chi connectivity index (χ1) is 25.4. The molecule has 262 valence electrons. The van der Waals surface area contributed by atoms with Crippen molar-refractivity contribution in [2.45, 2.75) is 0 Å². The van der Waals surface area contributed by atoms with Crippen molar-refractivity contribution >= 4 is 92.8 Å². The number of fused-ring (bicyclic) bond motifs is 8. The van der Waals surface area contributed by atoms with Crippen LogP contribution in [-0.4, -0.2) is 9.97 Å². The molecule has 0 spiro atoms. The molecule has 0 N–H and O–H groups in total. The van der Waals surface area contributed by atoms with Crippen LogP contribution >= 0.6 is 46.4 Å². The van der Waals surface area contributed by atoms with Crippen molar-refractivity contribution < 1.29 is 29.5 Å². The Morgan fingerprint density at radius 2 is 0.519 bits per heavy atom. The number of aromatic nitrogens is 4. The van der Waals surface area contributed by atoms with E-state index in [1.54, 1.807) is 0 Å². The van der Waals surface area contributed by atoms with Gasteiger partial charge < -0.3 is 22.4 Å². The second kappa shape index (κ2) is 15.7. The number of hydrogen-bond acceptors (Lipinski definition) is 2. The molecule has 8 bridgehead atoms. The van der Waals surface area contributed by atoms with E-state index in [4.69, 9.17) is 66.3 Å². The van der Waals surface area contributed by atoms with E-state index < -0.39 is 0 Å². The molecular formula is C44H24Cl5MnN4. The largest absolute Gasteiger partial charge is 3.00 e. The Hall–Kier alpha value is -4.55. The second-order valence-corrected chi connectivity index (χ2v) is 14.1. The molecule has 0 saturated carbocycles. The van der Waals surface area contributed by atoms with Gasteiger partial charge in [-0.05, 0) is 117 Å². The van der Waals surface area contributed by atoms with Crippen LogP contribution in [0.25, 0.3) is 90.9 Å². The molecule has 0 unspecified atom stereocenters. The minimum absolute atomic E-state index is 0. The molecule has 9 rings (SSSR count). The number of halogens is 5. The zero-order chi connectivity index (χ0) is 35.3. The molecule has 0 fully saturated rings. The summed E-state index contributed by atoms with van der Waals surface area (Å²) < 4.78 is 0. The van der Waals surface area contributed by atoms with E-state index in [0.29, 0.717) is 20.1 Å². The van der Waals surface area contributed by atoms with Crippen LogP contribution in [0, 0.1) is 0 Å². The van der Waals surface area contributed by atoms with E-state index in [1.165, 1.54) is 0 Å². The minimum atomic E-state index is 0. The normalized spacial score (nSPS) is 11.6. The average Bonchev–Trinajstić information content (AvgIpc) is 3.99. The SMILES string of the molecule is Clc1ccc(-c2c3nc(c(-c4ccc(Cl)cc4)c4ccc([n-]4)c(-c4ccc(Cl)cc4)c4nc(c(-c5ccc(Cl)cc5)c5ccc2[n-]5)C=C4)C=C3)cc1.[Cl-].[Mn+3]. The fraction of sp³-hybridized carbons (Fsp3) is 0. The summed E-state index contributed by atoms with van der Waals surface area (Å²) in [7, 11) is 0. The molecule has 10 heteroatoms. The van der Waals surface area contributed by atoms with Gasteiger partial charge in [-0.1, -0.05) is 119 Å². The molecule has 0 radical (unpaired) electrons. The average molecular weight is 841 g/mol. The van der Waals surface area contributed by atoms with Crippen molar-refractivity contribution in [3.63, 3.8) is 0 Å². The summed E-state index contributed by atoms with van der Waals surface area (Å²) >= 11 is 25.4. The third kappa shape index (κ3) is 7.18. The summed E-state index contributed by atoms with van der Waals surface area (Å²) in [6.07, 6.45) is 8.13. The molecule has 0 amide bonds. The molecule has 4 nitrogen and oxygen atoms in total. The number of nitrogens with zero attached hydrogens (tertiary/aromatic N) is 4. The van der Waals surface area contributed by atoms with Crippen molar-refractivity contribution in [1.82, 2.24) is 19.9 Å². The molecule has 7 aromatic rings. The maximum atomic E-state index is 6.36.